The third-order valence-electron chi connectivity index (χ3n) is 4.28. The van der Waals surface area contributed by atoms with Crippen LogP contribution in [0.1, 0.15) is 79.1 Å². The maximum atomic E-state index is 9.81. The largest absolute Gasteiger partial charge is 0.358 e. The first kappa shape index (κ1) is 20.2. The zero-order chi connectivity index (χ0) is 16.5. The quantitative estimate of drug-likeness (QED) is 0.526. The number of amides is 1. The van der Waals surface area contributed by atoms with Gasteiger partial charge in [-0.3, -0.25) is 4.79 Å². The molecule has 2 rings (SSSR count). The van der Waals surface area contributed by atoms with Gasteiger partial charge in [-0.05, 0) is 25.7 Å². The van der Waals surface area contributed by atoms with Crippen LogP contribution in [0.4, 0.5) is 0 Å². The number of hydrogen-bond donors (Lipinski definition) is 1. The molecule has 1 amide bonds. The molecular formula is C18H35NOS2. The average molecular weight is 346 g/mol. The summed E-state index contributed by atoms with van der Waals surface area (Å²) >= 11 is 4.16. The highest BCUT2D eigenvalue weighted by Gasteiger charge is 2.35. The van der Waals surface area contributed by atoms with Gasteiger partial charge in [0.1, 0.15) is 0 Å². The summed E-state index contributed by atoms with van der Waals surface area (Å²) in [7, 11) is 0. The molecule has 0 bridgehead atoms. The lowest BCUT2D eigenvalue weighted by Gasteiger charge is -2.41. The number of carbonyl (C=O) groups excluding carboxylic acids is 1. The fourth-order valence-electron chi connectivity index (χ4n) is 2.85. The summed E-state index contributed by atoms with van der Waals surface area (Å²) < 4.78 is 1.01. The Morgan fingerprint density at radius 2 is 1.77 bits per heavy atom. The van der Waals surface area contributed by atoms with Crippen LogP contribution in [0.2, 0.25) is 0 Å². The predicted molar refractivity (Wildman–Crippen MR) is 103 cm³/mol. The molecule has 0 aliphatic heterocycles. The van der Waals surface area contributed by atoms with Gasteiger partial charge < -0.3 is 5.32 Å². The van der Waals surface area contributed by atoms with E-state index in [9.17, 15) is 4.79 Å². The number of carbonyl (C=O) groups is 1. The van der Waals surface area contributed by atoms with Gasteiger partial charge in [-0.1, -0.05) is 53.4 Å². The second-order valence-corrected chi connectivity index (χ2v) is 11.5. The summed E-state index contributed by atoms with van der Waals surface area (Å²) in [5.41, 5.74) is 0. The van der Waals surface area contributed by atoms with Crippen LogP contribution in [-0.4, -0.2) is 33.5 Å². The molecular weight excluding hydrogens is 310 g/mol. The minimum absolute atomic E-state index is 0.310. The molecule has 2 aliphatic rings. The molecule has 0 heterocycles. The van der Waals surface area contributed by atoms with Gasteiger partial charge in [0.15, 0.2) is 0 Å². The molecule has 2 aliphatic carbocycles. The van der Waals surface area contributed by atoms with E-state index in [0.717, 1.165) is 24.0 Å². The summed E-state index contributed by atoms with van der Waals surface area (Å²) in [6.45, 7) is 9.73. The van der Waals surface area contributed by atoms with E-state index >= 15 is 0 Å². The van der Waals surface area contributed by atoms with Crippen LogP contribution in [0.3, 0.4) is 0 Å². The van der Waals surface area contributed by atoms with Gasteiger partial charge in [0, 0.05) is 27.0 Å². The van der Waals surface area contributed by atoms with Crippen molar-refractivity contribution in [1.29, 1.82) is 0 Å². The van der Waals surface area contributed by atoms with Crippen molar-refractivity contribution in [2.24, 2.45) is 0 Å². The zero-order valence-electron chi connectivity index (χ0n) is 15.0. The minimum Gasteiger partial charge on any atom is -0.358 e. The Kier molecular flexibility index (Phi) is 9.30. The summed E-state index contributed by atoms with van der Waals surface area (Å²) in [5.74, 6) is 0.988. The topological polar surface area (TPSA) is 29.1 Å². The van der Waals surface area contributed by atoms with Gasteiger partial charge in [-0.15, -0.1) is 0 Å². The Morgan fingerprint density at radius 3 is 2.23 bits per heavy atom. The van der Waals surface area contributed by atoms with Crippen LogP contribution < -0.4 is 5.32 Å². The molecule has 1 N–H and O–H groups in total. The number of thioether (sulfide) groups is 2. The van der Waals surface area contributed by atoms with Gasteiger partial charge in [0.05, 0.1) is 0 Å². The second kappa shape index (κ2) is 10.1. The van der Waals surface area contributed by atoms with E-state index in [0.29, 0.717) is 9.49 Å². The average Bonchev–Trinajstić information content (AvgIpc) is 2.43. The van der Waals surface area contributed by atoms with Crippen LogP contribution in [-0.2, 0) is 4.79 Å². The standard InChI is InChI=1S/C11H20S.C7H15NOS/c1-11(8-5-9-11)12-10-6-3-2-4-7-10;1-7(2,3)10-5-4-8-6-9/h10H,2-9H2,1H3;6H,4-5H2,1-3H3,(H,8,9). The molecule has 2 nitrogen and oxygen atoms in total. The third kappa shape index (κ3) is 9.34. The van der Waals surface area contributed by atoms with E-state index < -0.39 is 0 Å². The molecule has 2 saturated carbocycles. The zero-order valence-corrected chi connectivity index (χ0v) is 16.6. The summed E-state index contributed by atoms with van der Waals surface area (Å²) in [5, 5.41) is 3.64. The van der Waals surface area contributed by atoms with Gasteiger partial charge in [-0.2, -0.15) is 23.5 Å². The summed E-state index contributed by atoms with van der Waals surface area (Å²) in [6, 6.07) is 0. The lowest BCUT2D eigenvalue weighted by atomic mass is 9.86. The highest BCUT2D eigenvalue weighted by atomic mass is 32.2. The Hall–Kier alpha value is 0.170. The van der Waals surface area contributed by atoms with Crippen molar-refractivity contribution < 1.29 is 4.79 Å². The second-order valence-electron chi connectivity index (χ2n) is 7.71. The highest BCUT2D eigenvalue weighted by molar-refractivity contribution is 8.01. The van der Waals surface area contributed by atoms with E-state index in [2.05, 4.69) is 44.8 Å². The fraction of sp³-hybridized carbons (Fsp3) is 0.944. The van der Waals surface area contributed by atoms with Crippen molar-refractivity contribution in [3.63, 3.8) is 0 Å². The molecule has 22 heavy (non-hydrogen) atoms. The highest BCUT2D eigenvalue weighted by Crippen LogP contribution is 2.48. The maximum Gasteiger partial charge on any atom is 0.207 e. The number of rotatable bonds is 6. The Morgan fingerprint density at radius 1 is 1.14 bits per heavy atom. The van der Waals surface area contributed by atoms with Gasteiger partial charge in [0.2, 0.25) is 6.41 Å². The molecule has 0 unspecified atom stereocenters. The van der Waals surface area contributed by atoms with Crippen LogP contribution in [0.5, 0.6) is 0 Å². The molecule has 0 aromatic rings. The first-order valence-corrected chi connectivity index (χ1v) is 10.7. The minimum atomic E-state index is 0.310. The lowest BCUT2D eigenvalue weighted by Crippen LogP contribution is -2.32. The molecule has 2 fully saturated rings. The molecule has 0 radical (unpaired) electrons. The van der Waals surface area contributed by atoms with Gasteiger partial charge >= 0.3 is 0 Å². The van der Waals surface area contributed by atoms with Gasteiger partial charge in [0.25, 0.3) is 0 Å². The predicted octanol–water partition coefficient (Wildman–Crippen LogP) is 5.26. The Labute approximate surface area is 146 Å². The van der Waals surface area contributed by atoms with Crippen LogP contribution in [0.15, 0.2) is 0 Å². The van der Waals surface area contributed by atoms with Crippen molar-refractivity contribution in [1.82, 2.24) is 5.32 Å². The number of nitrogens with one attached hydrogen (secondary N) is 1. The maximum absolute atomic E-state index is 9.81. The normalized spacial score (nSPS) is 21.3. The van der Waals surface area contributed by atoms with Crippen molar-refractivity contribution in [2.45, 2.75) is 93.8 Å². The molecule has 0 saturated heterocycles. The summed E-state index contributed by atoms with van der Waals surface area (Å²) in [4.78, 5) is 9.81. The van der Waals surface area contributed by atoms with E-state index in [1.54, 1.807) is 0 Å². The monoisotopic (exact) mass is 345 g/mol. The Bertz CT molecular complexity index is 305. The van der Waals surface area contributed by atoms with E-state index in [-0.39, 0.29) is 0 Å². The van der Waals surface area contributed by atoms with Crippen molar-refractivity contribution >= 4 is 29.9 Å². The van der Waals surface area contributed by atoms with Crippen molar-refractivity contribution in [3.05, 3.63) is 0 Å². The molecule has 0 atom stereocenters. The smallest absolute Gasteiger partial charge is 0.207 e. The molecule has 0 aromatic carbocycles. The molecule has 0 aromatic heterocycles. The van der Waals surface area contributed by atoms with Crippen LogP contribution in [0, 0.1) is 0 Å². The van der Waals surface area contributed by atoms with Crippen molar-refractivity contribution in [3.8, 4) is 0 Å². The Balaban J connectivity index is 0.000000225. The summed E-state index contributed by atoms with van der Waals surface area (Å²) in [6.07, 6.45) is 12.7. The van der Waals surface area contributed by atoms with Crippen LogP contribution in [0.25, 0.3) is 0 Å². The molecule has 130 valence electrons. The third-order valence-corrected chi connectivity index (χ3v) is 7.34. The fourth-order valence-corrected chi connectivity index (χ4v) is 5.58. The molecule has 0 spiro atoms. The SMILES string of the molecule is CC(C)(C)SCCNC=O.CC1(SC2CCCCC2)CCC1. The van der Waals surface area contributed by atoms with Crippen LogP contribution >= 0.6 is 23.5 Å². The van der Waals surface area contributed by atoms with E-state index in [1.165, 1.54) is 51.4 Å². The molecule has 4 heteroatoms. The van der Waals surface area contributed by atoms with E-state index in [4.69, 9.17) is 0 Å². The van der Waals surface area contributed by atoms with Crippen molar-refractivity contribution in [2.75, 3.05) is 12.3 Å². The first-order valence-electron chi connectivity index (χ1n) is 8.83. The first-order chi connectivity index (χ1) is 10.3. The number of hydrogen-bond acceptors (Lipinski definition) is 3. The van der Waals surface area contributed by atoms with E-state index in [1.807, 2.05) is 11.8 Å². The van der Waals surface area contributed by atoms with Gasteiger partial charge in [-0.25, -0.2) is 0 Å². The lowest BCUT2D eigenvalue weighted by molar-refractivity contribution is -0.109.